The van der Waals surface area contributed by atoms with Gasteiger partial charge in [0.25, 0.3) is 0 Å². The van der Waals surface area contributed by atoms with E-state index < -0.39 is 10.0 Å². The van der Waals surface area contributed by atoms with E-state index in [2.05, 4.69) is 20.8 Å². The van der Waals surface area contributed by atoms with E-state index in [9.17, 15) is 8.42 Å². The van der Waals surface area contributed by atoms with Crippen LogP contribution >= 0.6 is 0 Å². The largest absolute Gasteiger partial charge is 0.229 e. The predicted molar refractivity (Wildman–Crippen MR) is 51.2 cm³/mol. The second-order valence-corrected chi connectivity index (χ2v) is 5.25. The standard InChI is InChI=1S/C8H19NO2S/c1-4-7(2)8(3)5-6-12(9,10)11/h7-8H,4-6H2,1-3H3,(H2,9,10,11). The van der Waals surface area contributed by atoms with Crippen LogP contribution in [0.25, 0.3) is 0 Å². The molecular weight excluding hydrogens is 174 g/mol. The highest BCUT2D eigenvalue weighted by atomic mass is 32.2. The van der Waals surface area contributed by atoms with Crippen LogP contribution in [0.2, 0.25) is 0 Å². The lowest BCUT2D eigenvalue weighted by molar-refractivity contribution is 0.367. The van der Waals surface area contributed by atoms with Gasteiger partial charge in [-0.2, -0.15) is 0 Å². The molecular formula is C8H19NO2S. The Balaban J connectivity index is 3.79. The minimum Gasteiger partial charge on any atom is -0.229 e. The topological polar surface area (TPSA) is 60.2 Å². The summed E-state index contributed by atoms with van der Waals surface area (Å²) in [6.07, 6.45) is 1.76. The van der Waals surface area contributed by atoms with Gasteiger partial charge in [0.05, 0.1) is 5.75 Å². The summed E-state index contributed by atoms with van der Waals surface area (Å²) in [4.78, 5) is 0. The minimum absolute atomic E-state index is 0.110. The van der Waals surface area contributed by atoms with Crippen LogP contribution in [-0.4, -0.2) is 14.2 Å². The van der Waals surface area contributed by atoms with Crippen molar-refractivity contribution in [3.05, 3.63) is 0 Å². The third-order valence-corrected chi connectivity index (χ3v) is 3.28. The lowest BCUT2D eigenvalue weighted by Gasteiger charge is -2.16. The van der Waals surface area contributed by atoms with Gasteiger partial charge in [0.15, 0.2) is 0 Å². The monoisotopic (exact) mass is 193 g/mol. The molecule has 0 aromatic carbocycles. The molecule has 0 saturated carbocycles. The normalized spacial score (nSPS) is 17.3. The fourth-order valence-corrected chi connectivity index (χ4v) is 1.74. The van der Waals surface area contributed by atoms with Gasteiger partial charge in [0.1, 0.15) is 0 Å². The number of nitrogens with two attached hydrogens (primary N) is 1. The molecule has 74 valence electrons. The van der Waals surface area contributed by atoms with Gasteiger partial charge in [-0.25, -0.2) is 13.6 Å². The van der Waals surface area contributed by atoms with Crippen LogP contribution in [0.1, 0.15) is 33.6 Å². The van der Waals surface area contributed by atoms with Gasteiger partial charge in [-0.1, -0.05) is 27.2 Å². The van der Waals surface area contributed by atoms with Crippen molar-refractivity contribution >= 4 is 10.0 Å². The zero-order valence-electron chi connectivity index (χ0n) is 8.08. The molecule has 0 aliphatic heterocycles. The van der Waals surface area contributed by atoms with Crippen molar-refractivity contribution in [2.45, 2.75) is 33.6 Å². The third-order valence-electron chi connectivity index (χ3n) is 2.47. The predicted octanol–water partition coefficient (Wildman–Crippen LogP) is 1.35. The first kappa shape index (κ1) is 11.9. The number of rotatable bonds is 5. The minimum atomic E-state index is -3.26. The van der Waals surface area contributed by atoms with E-state index in [0.717, 1.165) is 6.42 Å². The number of hydrogen-bond donors (Lipinski definition) is 1. The van der Waals surface area contributed by atoms with E-state index in [-0.39, 0.29) is 5.75 Å². The average molecular weight is 193 g/mol. The Kier molecular flexibility index (Phi) is 4.78. The Labute approximate surface area is 75.4 Å². The Morgan fingerprint density at radius 1 is 1.25 bits per heavy atom. The van der Waals surface area contributed by atoms with E-state index in [1.807, 2.05) is 0 Å². The zero-order chi connectivity index (χ0) is 9.78. The smallest absolute Gasteiger partial charge is 0.209 e. The molecule has 2 N–H and O–H groups in total. The van der Waals surface area contributed by atoms with E-state index in [4.69, 9.17) is 5.14 Å². The molecule has 0 fully saturated rings. The molecule has 0 aliphatic carbocycles. The van der Waals surface area contributed by atoms with Crippen molar-refractivity contribution in [2.75, 3.05) is 5.75 Å². The molecule has 2 unspecified atom stereocenters. The fourth-order valence-electron chi connectivity index (χ4n) is 1.04. The fraction of sp³-hybridized carbons (Fsp3) is 1.00. The van der Waals surface area contributed by atoms with Gasteiger partial charge in [0, 0.05) is 0 Å². The van der Waals surface area contributed by atoms with E-state index in [0.29, 0.717) is 18.3 Å². The molecule has 0 aliphatic rings. The molecule has 0 aromatic rings. The summed E-state index contributed by atoms with van der Waals surface area (Å²) in [5.74, 6) is 1.12. The lowest BCUT2D eigenvalue weighted by atomic mass is 9.92. The Morgan fingerprint density at radius 3 is 2.08 bits per heavy atom. The van der Waals surface area contributed by atoms with Gasteiger partial charge < -0.3 is 0 Å². The quantitative estimate of drug-likeness (QED) is 0.716. The highest BCUT2D eigenvalue weighted by Gasteiger charge is 2.12. The van der Waals surface area contributed by atoms with Gasteiger partial charge in [-0.05, 0) is 18.3 Å². The maximum Gasteiger partial charge on any atom is 0.209 e. The van der Waals surface area contributed by atoms with Gasteiger partial charge >= 0.3 is 0 Å². The SMILES string of the molecule is CCC(C)C(C)CCS(N)(=O)=O. The summed E-state index contributed by atoms with van der Waals surface area (Å²) in [6, 6.07) is 0. The molecule has 12 heavy (non-hydrogen) atoms. The third kappa shape index (κ3) is 5.55. The van der Waals surface area contributed by atoms with Crippen molar-refractivity contribution < 1.29 is 8.42 Å². The van der Waals surface area contributed by atoms with E-state index in [1.165, 1.54) is 0 Å². The highest BCUT2D eigenvalue weighted by Crippen LogP contribution is 2.17. The van der Waals surface area contributed by atoms with Crippen LogP contribution in [-0.2, 0) is 10.0 Å². The summed E-state index contributed by atoms with van der Waals surface area (Å²) in [5, 5.41) is 4.90. The Hall–Kier alpha value is -0.0900. The molecule has 0 amide bonds. The van der Waals surface area contributed by atoms with Crippen LogP contribution in [0, 0.1) is 11.8 Å². The van der Waals surface area contributed by atoms with Crippen LogP contribution in [0.4, 0.5) is 0 Å². The maximum atomic E-state index is 10.6. The van der Waals surface area contributed by atoms with Crippen molar-refractivity contribution in [1.82, 2.24) is 0 Å². The Bertz CT molecular complexity index is 211. The van der Waals surface area contributed by atoms with Crippen molar-refractivity contribution in [1.29, 1.82) is 0 Å². The molecule has 0 spiro atoms. The van der Waals surface area contributed by atoms with Gasteiger partial charge in [-0.15, -0.1) is 0 Å². The van der Waals surface area contributed by atoms with Gasteiger partial charge in [-0.3, -0.25) is 0 Å². The highest BCUT2D eigenvalue weighted by molar-refractivity contribution is 7.89. The van der Waals surface area contributed by atoms with Crippen LogP contribution in [0.3, 0.4) is 0 Å². The summed E-state index contributed by atoms with van der Waals surface area (Å²) < 4.78 is 21.2. The molecule has 0 radical (unpaired) electrons. The van der Waals surface area contributed by atoms with Crippen molar-refractivity contribution in [2.24, 2.45) is 17.0 Å². The molecule has 0 heterocycles. The van der Waals surface area contributed by atoms with Crippen LogP contribution in [0.15, 0.2) is 0 Å². The van der Waals surface area contributed by atoms with Gasteiger partial charge in [0.2, 0.25) is 10.0 Å². The van der Waals surface area contributed by atoms with Crippen molar-refractivity contribution in [3.8, 4) is 0 Å². The second-order valence-electron chi connectivity index (χ2n) is 3.52. The first-order valence-corrected chi connectivity index (χ1v) is 6.08. The second kappa shape index (κ2) is 4.82. The molecule has 0 aromatic heterocycles. The summed E-state index contributed by atoms with van der Waals surface area (Å²) in [7, 11) is -3.26. The van der Waals surface area contributed by atoms with E-state index >= 15 is 0 Å². The number of primary sulfonamides is 1. The maximum absolute atomic E-state index is 10.6. The van der Waals surface area contributed by atoms with E-state index in [1.54, 1.807) is 0 Å². The Morgan fingerprint density at radius 2 is 1.75 bits per heavy atom. The molecule has 0 rings (SSSR count). The molecule has 3 nitrogen and oxygen atoms in total. The first-order valence-electron chi connectivity index (χ1n) is 4.37. The molecule has 2 atom stereocenters. The lowest BCUT2D eigenvalue weighted by Crippen LogP contribution is -2.20. The number of sulfonamides is 1. The summed E-state index contributed by atoms with van der Waals surface area (Å²) in [5.41, 5.74) is 0. The average Bonchev–Trinajstić information content (AvgIpc) is 1.97. The zero-order valence-corrected chi connectivity index (χ0v) is 8.89. The molecule has 0 saturated heterocycles. The molecule has 4 heteroatoms. The van der Waals surface area contributed by atoms with Crippen molar-refractivity contribution in [3.63, 3.8) is 0 Å². The summed E-state index contributed by atoms with van der Waals surface area (Å²) in [6.45, 7) is 6.31. The van der Waals surface area contributed by atoms with Crippen LogP contribution < -0.4 is 5.14 Å². The first-order chi connectivity index (χ1) is 5.37. The number of hydrogen-bond acceptors (Lipinski definition) is 2. The molecule has 0 bridgehead atoms. The summed E-state index contributed by atoms with van der Waals surface area (Å²) >= 11 is 0. The van der Waals surface area contributed by atoms with Crippen LogP contribution in [0.5, 0.6) is 0 Å².